The molecule has 8 nitrogen and oxygen atoms in total. The van der Waals surface area contributed by atoms with E-state index in [1.54, 1.807) is 47.1 Å². The summed E-state index contributed by atoms with van der Waals surface area (Å²) in [6.45, 7) is 3.23. The van der Waals surface area contributed by atoms with Gasteiger partial charge in [-0.3, -0.25) is 19.1 Å². The summed E-state index contributed by atoms with van der Waals surface area (Å²) in [5.41, 5.74) is 1.39. The van der Waals surface area contributed by atoms with Gasteiger partial charge in [0.15, 0.2) is 5.83 Å². The molecule has 210 valence electrons. The number of hydrogen-bond donors (Lipinski definition) is 2. The lowest BCUT2D eigenvalue weighted by molar-refractivity contribution is -0.137. The highest BCUT2D eigenvalue weighted by Crippen LogP contribution is 2.36. The molecular weight excluding hydrogens is 542 g/mol. The van der Waals surface area contributed by atoms with Crippen LogP contribution >= 0.6 is 0 Å². The molecule has 1 aliphatic rings. The largest absolute Gasteiger partial charge is 0.416 e. The average Bonchev–Trinajstić information content (AvgIpc) is 3.31. The van der Waals surface area contributed by atoms with Crippen LogP contribution in [-0.4, -0.2) is 52.5 Å². The quantitative estimate of drug-likeness (QED) is 0.248. The lowest BCUT2D eigenvalue weighted by Gasteiger charge is -2.39. The van der Waals surface area contributed by atoms with Gasteiger partial charge in [0.2, 0.25) is 0 Å². The number of likely N-dealkylation sites (tertiary alicyclic amines) is 1. The third-order valence-corrected chi connectivity index (χ3v) is 6.82. The van der Waals surface area contributed by atoms with E-state index in [4.69, 9.17) is 0 Å². The predicted octanol–water partition coefficient (Wildman–Crippen LogP) is 5.20. The summed E-state index contributed by atoms with van der Waals surface area (Å²) in [7, 11) is 1.51. The van der Waals surface area contributed by atoms with Crippen LogP contribution in [0.3, 0.4) is 0 Å². The Labute approximate surface area is 231 Å². The fourth-order valence-electron chi connectivity index (χ4n) is 4.67. The number of para-hydroxylation sites is 1. The van der Waals surface area contributed by atoms with Crippen LogP contribution in [0.1, 0.15) is 32.3 Å². The lowest BCUT2D eigenvalue weighted by atomic mass is 10.0. The number of benzene rings is 3. The molecule has 1 aliphatic heterocycles. The molecule has 41 heavy (non-hydrogen) atoms. The van der Waals surface area contributed by atoms with Gasteiger partial charge < -0.3 is 15.5 Å². The highest BCUT2D eigenvalue weighted by Gasteiger charge is 2.36. The van der Waals surface area contributed by atoms with Gasteiger partial charge in [0.1, 0.15) is 5.69 Å². The van der Waals surface area contributed by atoms with Crippen LogP contribution in [0, 0.1) is 0 Å². The number of carbonyl (C=O) groups is 3. The Morgan fingerprint density at radius 2 is 1.61 bits per heavy atom. The number of rotatable bonds is 6. The summed E-state index contributed by atoms with van der Waals surface area (Å²) < 4.78 is 54.4. The first-order chi connectivity index (χ1) is 19.5. The first-order valence-corrected chi connectivity index (χ1v) is 12.4. The number of anilines is 1. The molecule has 1 aromatic heterocycles. The van der Waals surface area contributed by atoms with Crippen LogP contribution in [0.25, 0.3) is 22.2 Å². The Morgan fingerprint density at radius 1 is 0.951 bits per heavy atom. The minimum atomic E-state index is -4.51. The Bertz CT molecular complexity index is 1670. The van der Waals surface area contributed by atoms with Crippen molar-refractivity contribution in [2.45, 2.75) is 12.2 Å². The second kappa shape index (κ2) is 10.5. The number of aromatic nitrogens is 2. The minimum absolute atomic E-state index is 0.0991. The first-order valence-electron chi connectivity index (χ1n) is 12.4. The van der Waals surface area contributed by atoms with Crippen molar-refractivity contribution >= 4 is 34.3 Å². The van der Waals surface area contributed by atoms with Crippen molar-refractivity contribution in [3.05, 3.63) is 95.8 Å². The van der Waals surface area contributed by atoms with Crippen molar-refractivity contribution in [1.82, 2.24) is 20.0 Å². The maximum Gasteiger partial charge on any atom is 0.416 e. The van der Waals surface area contributed by atoms with E-state index in [1.165, 1.54) is 24.1 Å². The lowest BCUT2D eigenvalue weighted by Crippen LogP contribution is -2.51. The van der Waals surface area contributed by atoms with Gasteiger partial charge in [-0.2, -0.15) is 18.3 Å². The highest BCUT2D eigenvalue weighted by molar-refractivity contribution is 6.14. The second-order valence-electron chi connectivity index (χ2n) is 9.45. The van der Waals surface area contributed by atoms with Crippen molar-refractivity contribution in [1.29, 1.82) is 0 Å². The maximum absolute atomic E-state index is 13.5. The Hall–Kier alpha value is -5.00. The molecule has 0 aliphatic carbocycles. The summed E-state index contributed by atoms with van der Waals surface area (Å²) in [6.07, 6.45) is -4.51. The molecule has 2 heterocycles. The van der Waals surface area contributed by atoms with Crippen molar-refractivity contribution in [2.75, 3.05) is 25.5 Å². The van der Waals surface area contributed by atoms with Gasteiger partial charge in [0.05, 0.1) is 22.7 Å². The molecule has 5 rings (SSSR count). The molecule has 0 saturated carbocycles. The molecule has 0 radical (unpaired) electrons. The third kappa shape index (κ3) is 5.28. The van der Waals surface area contributed by atoms with Crippen LogP contribution in [0.4, 0.5) is 23.2 Å². The van der Waals surface area contributed by atoms with E-state index in [2.05, 4.69) is 22.3 Å². The van der Waals surface area contributed by atoms with Gasteiger partial charge in [-0.15, -0.1) is 0 Å². The molecule has 3 amide bonds. The maximum atomic E-state index is 13.5. The first kappa shape index (κ1) is 27.6. The normalized spacial score (nSPS) is 13.5. The smallest absolute Gasteiger partial charge is 0.355 e. The van der Waals surface area contributed by atoms with E-state index in [0.717, 1.165) is 12.1 Å². The zero-order valence-corrected chi connectivity index (χ0v) is 21.6. The van der Waals surface area contributed by atoms with Gasteiger partial charge in [0, 0.05) is 42.3 Å². The van der Waals surface area contributed by atoms with E-state index >= 15 is 0 Å². The average molecular weight is 566 g/mol. The zero-order chi connectivity index (χ0) is 29.5. The molecule has 1 saturated heterocycles. The molecule has 0 bridgehead atoms. The van der Waals surface area contributed by atoms with Gasteiger partial charge >= 0.3 is 6.18 Å². The van der Waals surface area contributed by atoms with Crippen LogP contribution in [0.5, 0.6) is 0 Å². The molecule has 1 fully saturated rings. The summed E-state index contributed by atoms with van der Waals surface area (Å²) in [4.78, 5) is 38.5. The van der Waals surface area contributed by atoms with Crippen LogP contribution < -0.4 is 10.6 Å². The number of carbonyl (C=O) groups excluding carboxylic acids is 3. The number of fused-ring (bicyclic) bond motifs is 1. The van der Waals surface area contributed by atoms with Gasteiger partial charge in [-0.25, -0.2) is 4.39 Å². The van der Waals surface area contributed by atoms with Gasteiger partial charge in [0.25, 0.3) is 17.7 Å². The van der Waals surface area contributed by atoms with Crippen molar-refractivity contribution in [3.8, 4) is 11.3 Å². The minimum Gasteiger partial charge on any atom is -0.355 e. The van der Waals surface area contributed by atoms with E-state index in [0.29, 0.717) is 33.4 Å². The van der Waals surface area contributed by atoms with E-state index in [-0.39, 0.29) is 24.6 Å². The molecule has 0 spiro atoms. The number of alkyl halides is 3. The van der Waals surface area contributed by atoms with Crippen molar-refractivity contribution < 1.29 is 31.9 Å². The van der Waals surface area contributed by atoms with Gasteiger partial charge in [-0.05, 0) is 42.5 Å². The Morgan fingerprint density at radius 3 is 2.20 bits per heavy atom. The summed E-state index contributed by atoms with van der Waals surface area (Å²) >= 11 is 0. The van der Waals surface area contributed by atoms with E-state index in [1.807, 2.05) is 0 Å². The fourth-order valence-corrected chi connectivity index (χ4v) is 4.67. The fraction of sp³-hybridized carbons (Fsp3) is 0.172. The third-order valence-electron chi connectivity index (χ3n) is 6.82. The molecule has 0 unspecified atom stereocenters. The number of hydrogen-bond acceptors (Lipinski definition) is 4. The van der Waals surface area contributed by atoms with Crippen molar-refractivity contribution in [3.63, 3.8) is 0 Å². The predicted molar refractivity (Wildman–Crippen MR) is 144 cm³/mol. The standard InChI is InChI=1S/C29H23F4N5O3/c1-16(30)28(41)37-14-21(15-37)38-25-22(24(36-38)17-6-10-19(11-7-17)29(31,32)33)4-3-5-23(25)27(40)35-20-12-8-18(9-13-20)26(39)34-2/h3-13,21H,1,14-15H2,2H3,(H,34,39)(H,35,40). The van der Waals surface area contributed by atoms with Gasteiger partial charge in [-0.1, -0.05) is 30.8 Å². The van der Waals surface area contributed by atoms with E-state index < -0.39 is 35.4 Å². The highest BCUT2D eigenvalue weighted by atomic mass is 19.4. The SMILES string of the molecule is C=C(F)C(=O)N1CC(n2nc(-c3ccc(C(F)(F)F)cc3)c3cccc(C(=O)Nc4ccc(C(=O)NC)cc4)c32)C1. The summed E-state index contributed by atoms with van der Waals surface area (Å²) in [5.74, 6) is -2.72. The van der Waals surface area contributed by atoms with Crippen molar-refractivity contribution in [2.24, 2.45) is 0 Å². The number of nitrogens with one attached hydrogen (secondary N) is 2. The monoisotopic (exact) mass is 565 g/mol. The number of amides is 3. The summed E-state index contributed by atoms with van der Waals surface area (Å²) in [5, 5.41) is 10.5. The van der Waals surface area contributed by atoms with Crippen LogP contribution in [-0.2, 0) is 11.0 Å². The molecule has 0 atom stereocenters. The van der Waals surface area contributed by atoms with Crippen LogP contribution in [0.15, 0.2) is 79.1 Å². The Kier molecular flexibility index (Phi) is 7.08. The van der Waals surface area contributed by atoms with E-state index in [9.17, 15) is 31.9 Å². The molecule has 4 aromatic rings. The topological polar surface area (TPSA) is 96.3 Å². The molecule has 12 heteroatoms. The zero-order valence-electron chi connectivity index (χ0n) is 21.6. The Balaban J connectivity index is 1.54. The number of nitrogens with zero attached hydrogens (tertiary/aromatic N) is 3. The molecule has 2 N–H and O–H groups in total. The summed E-state index contributed by atoms with van der Waals surface area (Å²) in [6, 6.07) is 15.3. The van der Waals surface area contributed by atoms with Crippen LogP contribution in [0.2, 0.25) is 0 Å². The number of halogens is 4. The molecular formula is C29H23F4N5O3. The second-order valence-corrected chi connectivity index (χ2v) is 9.45. The molecule has 3 aromatic carbocycles.